The van der Waals surface area contributed by atoms with Gasteiger partial charge in [0.15, 0.2) is 5.82 Å². The van der Waals surface area contributed by atoms with Crippen LogP contribution in [0.3, 0.4) is 0 Å². The third-order valence-electron chi connectivity index (χ3n) is 3.72. The highest BCUT2D eigenvalue weighted by atomic mass is 32.2. The topological polar surface area (TPSA) is 64.9 Å². The van der Waals surface area contributed by atoms with Crippen LogP contribution in [0.15, 0.2) is 4.52 Å². The summed E-state index contributed by atoms with van der Waals surface area (Å²) in [6.45, 7) is 0. The van der Waals surface area contributed by atoms with Crippen molar-refractivity contribution in [1.82, 2.24) is 10.1 Å². The van der Waals surface area contributed by atoms with Crippen molar-refractivity contribution in [2.45, 2.75) is 38.1 Å². The molecule has 3 rings (SSSR count). The van der Waals surface area contributed by atoms with E-state index in [9.17, 15) is 0 Å². The lowest BCUT2D eigenvalue weighted by molar-refractivity contribution is 0.338. The molecule has 1 saturated heterocycles. The Morgan fingerprint density at radius 3 is 2.76 bits per heavy atom. The first-order valence-corrected chi connectivity index (χ1v) is 7.64. The Bertz CT molecular complexity index is 372. The van der Waals surface area contributed by atoms with E-state index in [0.29, 0.717) is 11.7 Å². The zero-order valence-corrected chi connectivity index (χ0v) is 10.8. The molecular weight excluding hydrogens is 234 g/mol. The molecule has 1 aliphatic carbocycles. The number of hydrogen-bond acceptors (Lipinski definition) is 5. The molecule has 4 nitrogen and oxygen atoms in total. The van der Waals surface area contributed by atoms with E-state index in [2.05, 4.69) is 10.1 Å². The van der Waals surface area contributed by atoms with Crippen LogP contribution in [0.4, 0.5) is 0 Å². The van der Waals surface area contributed by atoms with Crippen LogP contribution in [0.2, 0.25) is 0 Å². The van der Waals surface area contributed by atoms with Crippen molar-refractivity contribution in [2.24, 2.45) is 17.6 Å². The van der Waals surface area contributed by atoms with Crippen molar-refractivity contribution >= 4 is 11.8 Å². The molecule has 0 bridgehead atoms. The van der Waals surface area contributed by atoms with E-state index in [-0.39, 0.29) is 6.04 Å². The molecule has 0 radical (unpaired) electrons. The fraction of sp³-hybridized carbons (Fsp3) is 0.833. The predicted molar refractivity (Wildman–Crippen MR) is 67.7 cm³/mol. The number of rotatable bonds is 4. The Hall–Kier alpha value is -0.550. The molecule has 0 spiro atoms. The molecule has 1 aromatic rings. The second-order valence-corrected chi connectivity index (χ2v) is 6.39. The van der Waals surface area contributed by atoms with Crippen LogP contribution < -0.4 is 5.73 Å². The van der Waals surface area contributed by atoms with Gasteiger partial charge < -0.3 is 10.3 Å². The van der Waals surface area contributed by atoms with Gasteiger partial charge in [0.05, 0.1) is 6.04 Å². The standard InChI is InChI=1S/C12H19N3OS/c13-11(9-1-2-9)12-14-10(16-15-12)7-8-3-5-17-6-4-8/h8-9,11H,1-7,13H2. The predicted octanol–water partition coefficient (Wildman–Crippen LogP) is 2.17. The van der Waals surface area contributed by atoms with Gasteiger partial charge >= 0.3 is 0 Å². The lowest BCUT2D eigenvalue weighted by atomic mass is 9.99. The van der Waals surface area contributed by atoms with Gasteiger partial charge in [-0.1, -0.05) is 5.16 Å². The lowest BCUT2D eigenvalue weighted by Gasteiger charge is -2.19. The maximum atomic E-state index is 6.06. The molecule has 17 heavy (non-hydrogen) atoms. The normalized spacial score (nSPS) is 23.8. The molecule has 1 aromatic heterocycles. The first kappa shape index (κ1) is 11.5. The summed E-state index contributed by atoms with van der Waals surface area (Å²) in [5, 5.41) is 4.03. The molecule has 5 heteroatoms. The molecule has 2 aliphatic rings. The first-order valence-electron chi connectivity index (χ1n) is 6.49. The molecule has 2 N–H and O–H groups in total. The Labute approximate surface area is 106 Å². The minimum atomic E-state index is -0.00517. The van der Waals surface area contributed by atoms with E-state index in [4.69, 9.17) is 10.3 Å². The molecule has 0 aromatic carbocycles. The molecule has 1 aliphatic heterocycles. The van der Waals surface area contributed by atoms with Crippen LogP contribution in [0.5, 0.6) is 0 Å². The Morgan fingerprint density at radius 1 is 1.29 bits per heavy atom. The van der Waals surface area contributed by atoms with E-state index < -0.39 is 0 Å². The van der Waals surface area contributed by atoms with Crippen LogP contribution >= 0.6 is 11.8 Å². The number of hydrogen-bond donors (Lipinski definition) is 1. The summed E-state index contributed by atoms with van der Waals surface area (Å²) < 4.78 is 5.32. The molecule has 1 atom stereocenters. The number of nitrogens with two attached hydrogens (primary N) is 1. The van der Waals surface area contributed by atoms with Gasteiger partial charge in [0.25, 0.3) is 0 Å². The van der Waals surface area contributed by atoms with Crippen molar-refractivity contribution in [3.05, 3.63) is 11.7 Å². The minimum absolute atomic E-state index is 0.00517. The van der Waals surface area contributed by atoms with E-state index in [1.165, 1.54) is 37.2 Å². The molecule has 1 unspecified atom stereocenters. The van der Waals surface area contributed by atoms with E-state index in [1.54, 1.807) is 0 Å². The average molecular weight is 253 g/mol. The third-order valence-corrected chi connectivity index (χ3v) is 4.76. The van der Waals surface area contributed by atoms with Gasteiger partial charge in [-0.25, -0.2) is 0 Å². The summed E-state index contributed by atoms with van der Waals surface area (Å²) >= 11 is 2.04. The van der Waals surface area contributed by atoms with Crippen LogP contribution in [0.1, 0.15) is 43.4 Å². The first-order chi connectivity index (χ1) is 8.33. The summed E-state index contributed by atoms with van der Waals surface area (Å²) in [5.74, 6) is 5.36. The maximum Gasteiger partial charge on any atom is 0.226 e. The second kappa shape index (κ2) is 4.98. The summed E-state index contributed by atoms with van der Waals surface area (Å²) in [4.78, 5) is 4.46. The Morgan fingerprint density at radius 2 is 2.06 bits per heavy atom. The average Bonchev–Trinajstić information content (AvgIpc) is 3.11. The van der Waals surface area contributed by atoms with Crippen LogP contribution in [-0.2, 0) is 6.42 Å². The zero-order valence-electron chi connectivity index (χ0n) is 9.97. The highest BCUT2D eigenvalue weighted by molar-refractivity contribution is 7.99. The highest BCUT2D eigenvalue weighted by Crippen LogP contribution is 2.38. The smallest absolute Gasteiger partial charge is 0.226 e. The van der Waals surface area contributed by atoms with Gasteiger partial charge in [0.1, 0.15) is 0 Å². The molecule has 0 amide bonds. The van der Waals surface area contributed by atoms with Crippen LogP contribution in [-0.4, -0.2) is 21.6 Å². The van der Waals surface area contributed by atoms with Crippen molar-refractivity contribution in [3.8, 4) is 0 Å². The molecular formula is C12H19N3OS. The Balaban J connectivity index is 1.59. The van der Waals surface area contributed by atoms with Crippen LogP contribution in [0.25, 0.3) is 0 Å². The fourth-order valence-electron chi connectivity index (χ4n) is 2.35. The largest absolute Gasteiger partial charge is 0.339 e. The highest BCUT2D eigenvalue weighted by Gasteiger charge is 2.32. The lowest BCUT2D eigenvalue weighted by Crippen LogP contribution is -2.15. The van der Waals surface area contributed by atoms with Gasteiger partial charge in [0.2, 0.25) is 5.89 Å². The second-order valence-electron chi connectivity index (χ2n) is 5.17. The molecule has 1 saturated carbocycles. The van der Waals surface area contributed by atoms with Crippen molar-refractivity contribution in [3.63, 3.8) is 0 Å². The number of nitrogens with zero attached hydrogens (tertiary/aromatic N) is 2. The van der Waals surface area contributed by atoms with Gasteiger partial charge in [-0.3, -0.25) is 0 Å². The molecule has 94 valence electrons. The van der Waals surface area contributed by atoms with E-state index >= 15 is 0 Å². The van der Waals surface area contributed by atoms with Crippen LogP contribution in [0, 0.1) is 11.8 Å². The monoisotopic (exact) mass is 253 g/mol. The summed E-state index contributed by atoms with van der Waals surface area (Å²) in [6, 6.07) is -0.00517. The maximum absolute atomic E-state index is 6.06. The number of thioether (sulfide) groups is 1. The molecule has 2 fully saturated rings. The Kier molecular flexibility index (Phi) is 3.38. The van der Waals surface area contributed by atoms with E-state index in [0.717, 1.165) is 18.2 Å². The summed E-state index contributed by atoms with van der Waals surface area (Å²) in [5.41, 5.74) is 6.06. The third kappa shape index (κ3) is 2.83. The van der Waals surface area contributed by atoms with Gasteiger partial charge in [-0.2, -0.15) is 16.7 Å². The quantitative estimate of drug-likeness (QED) is 0.890. The minimum Gasteiger partial charge on any atom is -0.339 e. The summed E-state index contributed by atoms with van der Waals surface area (Å²) in [7, 11) is 0. The van der Waals surface area contributed by atoms with Crippen molar-refractivity contribution < 1.29 is 4.52 Å². The zero-order chi connectivity index (χ0) is 11.7. The summed E-state index contributed by atoms with van der Waals surface area (Å²) in [6.07, 6.45) is 5.91. The SMILES string of the molecule is NC(c1noc(CC2CCSCC2)n1)C1CC1. The van der Waals surface area contributed by atoms with E-state index in [1.807, 2.05) is 11.8 Å². The van der Waals surface area contributed by atoms with Gasteiger partial charge in [-0.15, -0.1) is 0 Å². The van der Waals surface area contributed by atoms with Gasteiger partial charge in [-0.05, 0) is 49.0 Å². The van der Waals surface area contributed by atoms with Gasteiger partial charge in [0, 0.05) is 6.42 Å². The number of aromatic nitrogens is 2. The van der Waals surface area contributed by atoms with Crippen molar-refractivity contribution in [1.29, 1.82) is 0 Å². The fourth-order valence-corrected chi connectivity index (χ4v) is 3.55. The molecule has 2 heterocycles. The van der Waals surface area contributed by atoms with Crippen molar-refractivity contribution in [2.75, 3.05) is 11.5 Å².